The van der Waals surface area contributed by atoms with Gasteiger partial charge in [0.25, 0.3) is 0 Å². The van der Waals surface area contributed by atoms with E-state index >= 15 is 0 Å². The summed E-state index contributed by atoms with van der Waals surface area (Å²) in [5, 5.41) is 4.50. The average molecular weight is 332 g/mol. The van der Waals surface area contributed by atoms with Crippen molar-refractivity contribution in [3.05, 3.63) is 57.0 Å². The summed E-state index contributed by atoms with van der Waals surface area (Å²) in [5.74, 6) is 0. The molecule has 0 aliphatic carbocycles. The Kier molecular flexibility index (Phi) is 4.53. The number of hydrogen-bond acceptors (Lipinski definition) is 2. The van der Waals surface area contributed by atoms with Crippen LogP contribution in [-0.2, 0) is 0 Å². The molecule has 0 heterocycles. The normalized spacial score (nSPS) is 10.3. The molecule has 3 N–H and O–H groups in total. The van der Waals surface area contributed by atoms with Crippen molar-refractivity contribution in [2.24, 2.45) is 5.73 Å². The molecule has 0 aliphatic rings. The van der Waals surface area contributed by atoms with Gasteiger partial charge in [-0.2, -0.15) is 0 Å². The number of halogens is 3. The second-order valence-electron chi connectivity index (χ2n) is 3.81. The first-order valence-corrected chi connectivity index (χ1v) is 6.83. The second kappa shape index (κ2) is 5.97. The van der Waals surface area contributed by atoms with E-state index in [1.807, 2.05) is 24.3 Å². The summed E-state index contributed by atoms with van der Waals surface area (Å²) in [5.41, 5.74) is 7.87. The summed E-state index contributed by atoms with van der Waals surface area (Å²) in [6, 6.07) is 10.6. The van der Waals surface area contributed by atoms with Gasteiger partial charge in [0.1, 0.15) is 4.99 Å². The van der Waals surface area contributed by atoms with E-state index in [0.29, 0.717) is 25.7 Å². The second-order valence-corrected chi connectivity index (χ2v) is 5.47. The molecule has 0 unspecified atom stereocenters. The van der Waals surface area contributed by atoms with Crippen LogP contribution in [0.4, 0.5) is 11.4 Å². The van der Waals surface area contributed by atoms with E-state index in [4.69, 9.17) is 52.8 Å². The maximum atomic E-state index is 6.09. The molecule has 2 nitrogen and oxygen atoms in total. The Morgan fingerprint density at radius 3 is 2.11 bits per heavy atom. The van der Waals surface area contributed by atoms with E-state index in [9.17, 15) is 0 Å². The Bertz CT molecular complexity index is 627. The van der Waals surface area contributed by atoms with Crippen molar-refractivity contribution in [3.63, 3.8) is 0 Å². The molecule has 0 amide bonds. The number of nitrogens with one attached hydrogen (secondary N) is 1. The van der Waals surface area contributed by atoms with E-state index < -0.39 is 0 Å². The molecular weight excluding hydrogens is 323 g/mol. The van der Waals surface area contributed by atoms with Crippen LogP contribution in [0, 0.1) is 0 Å². The molecule has 0 atom stereocenters. The molecule has 6 heteroatoms. The third-order valence-corrected chi connectivity index (χ3v) is 3.73. The van der Waals surface area contributed by atoms with Crippen LogP contribution in [0.3, 0.4) is 0 Å². The number of hydrogen-bond donors (Lipinski definition) is 2. The van der Waals surface area contributed by atoms with Crippen molar-refractivity contribution in [3.8, 4) is 0 Å². The molecule has 0 spiro atoms. The molecule has 0 saturated carbocycles. The van der Waals surface area contributed by atoms with Crippen molar-refractivity contribution in [1.29, 1.82) is 0 Å². The minimum absolute atomic E-state index is 0.360. The summed E-state index contributed by atoms with van der Waals surface area (Å²) in [6.45, 7) is 0. The van der Waals surface area contributed by atoms with E-state index in [0.717, 1.165) is 11.3 Å². The first-order chi connectivity index (χ1) is 8.97. The van der Waals surface area contributed by atoms with Crippen LogP contribution in [-0.4, -0.2) is 4.99 Å². The fourth-order valence-electron chi connectivity index (χ4n) is 1.49. The molecule has 0 radical (unpaired) electrons. The van der Waals surface area contributed by atoms with Gasteiger partial charge in [0.15, 0.2) is 0 Å². The molecular formula is C13H9Cl3N2S. The van der Waals surface area contributed by atoms with Crippen molar-refractivity contribution < 1.29 is 0 Å². The third-order valence-electron chi connectivity index (χ3n) is 2.46. The standard InChI is InChI=1S/C13H9Cl3N2S/c14-9-5-11(16)12(6-10(9)15)18-8-3-1-7(2-4-8)13(17)19/h1-6,18H,(H2,17,19). The Hall–Kier alpha value is -1.00. The quantitative estimate of drug-likeness (QED) is 0.612. The lowest BCUT2D eigenvalue weighted by Crippen LogP contribution is -2.08. The Labute approximate surface area is 131 Å². The first-order valence-electron chi connectivity index (χ1n) is 5.29. The predicted octanol–water partition coefficient (Wildman–Crippen LogP) is 5.02. The number of anilines is 2. The van der Waals surface area contributed by atoms with Gasteiger partial charge >= 0.3 is 0 Å². The van der Waals surface area contributed by atoms with Crippen molar-refractivity contribution in [2.75, 3.05) is 5.32 Å². The van der Waals surface area contributed by atoms with Crippen LogP contribution in [0.5, 0.6) is 0 Å². The Balaban J connectivity index is 2.26. The molecule has 0 fully saturated rings. The van der Waals surface area contributed by atoms with Crippen molar-refractivity contribution >= 4 is 63.4 Å². The number of benzene rings is 2. The summed E-state index contributed by atoms with van der Waals surface area (Å²) < 4.78 is 0. The molecule has 98 valence electrons. The molecule has 0 aromatic heterocycles. The third kappa shape index (κ3) is 3.51. The lowest BCUT2D eigenvalue weighted by molar-refractivity contribution is 1.53. The largest absolute Gasteiger partial charge is 0.389 e. The van der Waals surface area contributed by atoms with E-state index in [2.05, 4.69) is 5.32 Å². The van der Waals surface area contributed by atoms with E-state index in [-0.39, 0.29) is 0 Å². The molecule has 2 aromatic rings. The van der Waals surface area contributed by atoms with Gasteiger partial charge in [0.2, 0.25) is 0 Å². The molecule has 0 bridgehead atoms. The van der Waals surface area contributed by atoms with Gasteiger partial charge in [-0.05, 0) is 36.4 Å². The summed E-state index contributed by atoms with van der Waals surface area (Å²) >= 11 is 22.8. The molecule has 19 heavy (non-hydrogen) atoms. The van der Waals surface area contributed by atoms with E-state index in [1.54, 1.807) is 12.1 Å². The fraction of sp³-hybridized carbons (Fsp3) is 0. The van der Waals surface area contributed by atoms with Gasteiger partial charge in [-0.3, -0.25) is 0 Å². The zero-order chi connectivity index (χ0) is 14.0. The number of rotatable bonds is 3. The van der Waals surface area contributed by atoms with E-state index in [1.165, 1.54) is 0 Å². The lowest BCUT2D eigenvalue weighted by Gasteiger charge is -2.10. The molecule has 2 rings (SSSR count). The van der Waals surface area contributed by atoms with Crippen LogP contribution in [0.2, 0.25) is 15.1 Å². The van der Waals surface area contributed by atoms with Crippen LogP contribution in [0.15, 0.2) is 36.4 Å². The highest BCUT2D eigenvalue weighted by atomic mass is 35.5. The highest BCUT2D eigenvalue weighted by Gasteiger charge is 2.06. The zero-order valence-electron chi connectivity index (χ0n) is 9.58. The minimum atomic E-state index is 0.360. The van der Waals surface area contributed by atoms with Crippen LogP contribution in [0.1, 0.15) is 5.56 Å². The maximum absolute atomic E-state index is 6.09. The predicted molar refractivity (Wildman–Crippen MR) is 87.1 cm³/mol. The summed E-state index contributed by atoms with van der Waals surface area (Å²) in [4.78, 5) is 0.360. The highest BCUT2D eigenvalue weighted by Crippen LogP contribution is 2.33. The molecule has 0 aliphatic heterocycles. The topological polar surface area (TPSA) is 38.0 Å². The highest BCUT2D eigenvalue weighted by molar-refractivity contribution is 7.80. The fourth-order valence-corrected chi connectivity index (χ4v) is 2.22. The minimum Gasteiger partial charge on any atom is -0.389 e. The smallest absolute Gasteiger partial charge is 0.103 e. The first kappa shape index (κ1) is 14.4. The van der Waals surface area contributed by atoms with Crippen LogP contribution >= 0.6 is 47.0 Å². The monoisotopic (exact) mass is 330 g/mol. The summed E-state index contributed by atoms with van der Waals surface area (Å²) in [6.07, 6.45) is 0. The SMILES string of the molecule is NC(=S)c1ccc(Nc2cc(Cl)c(Cl)cc2Cl)cc1. The van der Waals surface area contributed by atoms with Crippen molar-refractivity contribution in [2.45, 2.75) is 0 Å². The van der Waals surface area contributed by atoms with Gasteiger partial charge in [-0.15, -0.1) is 0 Å². The van der Waals surface area contributed by atoms with Gasteiger partial charge in [-0.25, -0.2) is 0 Å². The summed E-state index contributed by atoms with van der Waals surface area (Å²) in [7, 11) is 0. The van der Waals surface area contributed by atoms with Gasteiger partial charge in [0, 0.05) is 11.3 Å². The zero-order valence-corrected chi connectivity index (χ0v) is 12.7. The Morgan fingerprint density at radius 1 is 0.947 bits per heavy atom. The number of nitrogens with two attached hydrogens (primary N) is 1. The lowest BCUT2D eigenvalue weighted by atomic mass is 10.2. The number of thiocarbonyl (C=S) groups is 1. The van der Waals surface area contributed by atoms with Gasteiger partial charge < -0.3 is 11.1 Å². The average Bonchev–Trinajstić information content (AvgIpc) is 2.36. The van der Waals surface area contributed by atoms with Crippen molar-refractivity contribution in [1.82, 2.24) is 0 Å². The van der Waals surface area contributed by atoms with Gasteiger partial charge in [-0.1, -0.05) is 47.0 Å². The Morgan fingerprint density at radius 2 is 1.53 bits per heavy atom. The van der Waals surface area contributed by atoms with Crippen LogP contribution < -0.4 is 11.1 Å². The molecule has 0 saturated heterocycles. The van der Waals surface area contributed by atoms with Crippen LogP contribution in [0.25, 0.3) is 0 Å². The molecule has 2 aromatic carbocycles. The van der Waals surface area contributed by atoms with Gasteiger partial charge in [0.05, 0.1) is 20.8 Å². The maximum Gasteiger partial charge on any atom is 0.103 e.